The van der Waals surface area contributed by atoms with E-state index < -0.39 is 23.8 Å². The van der Waals surface area contributed by atoms with E-state index in [4.69, 9.17) is 0 Å². The van der Waals surface area contributed by atoms with E-state index in [1.54, 1.807) is 6.07 Å². The van der Waals surface area contributed by atoms with Crippen LogP contribution in [0, 0.1) is 0 Å². The number of alkyl halides is 3. The van der Waals surface area contributed by atoms with Crippen molar-refractivity contribution < 1.29 is 37.2 Å². The van der Waals surface area contributed by atoms with Gasteiger partial charge < -0.3 is 14.5 Å². The summed E-state index contributed by atoms with van der Waals surface area (Å²) in [5.74, 6) is -1.14. The van der Waals surface area contributed by atoms with Crippen LogP contribution in [0.2, 0.25) is 0 Å². The molecule has 0 aromatic heterocycles. The van der Waals surface area contributed by atoms with Crippen LogP contribution < -0.4 is 14.7 Å². The molecule has 2 aromatic carbocycles. The molecule has 1 N–H and O–H groups in total. The van der Waals surface area contributed by atoms with Gasteiger partial charge >= 0.3 is 12.1 Å². The molecule has 33 heavy (non-hydrogen) atoms. The lowest BCUT2D eigenvalue weighted by molar-refractivity contribution is -0.915. The van der Waals surface area contributed by atoms with Crippen LogP contribution in [0.5, 0.6) is 0 Å². The highest BCUT2D eigenvalue weighted by atomic mass is 19.4. The number of nitrogens with one attached hydrogen (secondary N) is 1. The number of amides is 2. The number of benzene rings is 2. The quantitative estimate of drug-likeness (QED) is 0.551. The van der Waals surface area contributed by atoms with E-state index in [0.717, 1.165) is 21.9 Å². The Morgan fingerprint density at radius 2 is 1.70 bits per heavy atom. The molecule has 174 valence electrons. The van der Waals surface area contributed by atoms with Gasteiger partial charge in [-0.15, -0.1) is 0 Å². The Morgan fingerprint density at radius 1 is 1.03 bits per heavy atom. The minimum Gasteiger partial charge on any atom is -0.465 e. The summed E-state index contributed by atoms with van der Waals surface area (Å²) in [4.78, 5) is 41.2. The number of quaternary nitrogens is 1. The Kier molecular flexibility index (Phi) is 6.11. The van der Waals surface area contributed by atoms with Gasteiger partial charge in [0.25, 0.3) is 5.91 Å². The van der Waals surface area contributed by atoms with Crippen LogP contribution in [0.15, 0.2) is 48.5 Å². The molecule has 2 aliphatic heterocycles. The number of nitrogens with zero attached hydrogens (tertiary/aromatic N) is 2. The lowest BCUT2D eigenvalue weighted by Crippen LogP contribution is -3.19. The van der Waals surface area contributed by atoms with Crippen LogP contribution >= 0.6 is 0 Å². The van der Waals surface area contributed by atoms with Gasteiger partial charge in [0.05, 0.1) is 56.5 Å². The molecule has 2 aliphatic rings. The summed E-state index contributed by atoms with van der Waals surface area (Å²) in [5.41, 5.74) is 0.501. The van der Waals surface area contributed by atoms with Gasteiger partial charge in [-0.05, 0) is 42.5 Å². The highest BCUT2D eigenvalue weighted by Gasteiger charge is 2.46. The van der Waals surface area contributed by atoms with Crippen LogP contribution in [0.4, 0.5) is 24.5 Å². The van der Waals surface area contributed by atoms with Crippen molar-refractivity contribution in [3.8, 4) is 0 Å². The molecule has 10 heteroatoms. The number of hydrogen-bond acceptors (Lipinski definition) is 5. The van der Waals surface area contributed by atoms with E-state index in [2.05, 4.69) is 4.74 Å². The van der Waals surface area contributed by atoms with E-state index in [1.165, 1.54) is 37.4 Å². The van der Waals surface area contributed by atoms with Crippen LogP contribution in [0.1, 0.15) is 22.3 Å². The molecule has 1 atom stereocenters. The summed E-state index contributed by atoms with van der Waals surface area (Å²) in [6.45, 7) is 2.00. The average molecular weight is 462 g/mol. The molecule has 0 spiro atoms. The fourth-order valence-corrected chi connectivity index (χ4v) is 4.37. The number of methoxy groups -OCH3 is 1. The predicted octanol–water partition coefficient (Wildman–Crippen LogP) is 1.53. The van der Waals surface area contributed by atoms with E-state index in [9.17, 15) is 27.6 Å². The summed E-state index contributed by atoms with van der Waals surface area (Å²) < 4.78 is 43.7. The number of rotatable bonds is 4. The molecule has 2 saturated heterocycles. The van der Waals surface area contributed by atoms with E-state index in [1.807, 2.05) is 4.90 Å². The SMILES string of the molecule is COC(=O)c1ccc(N2C(=O)CC([NH+]3CCN(c4cccc(C(F)(F)F)c4)CC3)C2=O)cc1. The van der Waals surface area contributed by atoms with Crippen LogP contribution in [-0.2, 0) is 20.5 Å². The van der Waals surface area contributed by atoms with Gasteiger partial charge in [0.15, 0.2) is 6.04 Å². The standard InChI is InChI=1S/C23H22F3N3O4/c1-33-22(32)15-5-7-17(8-6-15)29-20(30)14-19(21(29)31)28-11-9-27(10-12-28)18-4-2-3-16(13-18)23(24,25)26/h2-8,13,19H,9-12,14H2,1H3/p+1. The maximum Gasteiger partial charge on any atom is 0.416 e. The zero-order valence-electron chi connectivity index (χ0n) is 17.9. The maximum absolute atomic E-state index is 13.1. The number of carbonyl (C=O) groups is 3. The second-order valence-corrected chi connectivity index (χ2v) is 8.06. The summed E-state index contributed by atoms with van der Waals surface area (Å²) in [5, 5.41) is 0. The molecule has 2 aromatic rings. The Morgan fingerprint density at radius 3 is 2.30 bits per heavy atom. The number of esters is 1. The van der Waals surface area contributed by atoms with E-state index in [0.29, 0.717) is 43.1 Å². The number of halogens is 3. The lowest BCUT2D eigenvalue weighted by atomic mass is 10.1. The van der Waals surface area contributed by atoms with Crippen molar-refractivity contribution in [2.75, 3.05) is 43.1 Å². The second-order valence-electron chi connectivity index (χ2n) is 8.06. The summed E-state index contributed by atoms with van der Waals surface area (Å²) in [6, 6.07) is 10.7. The molecule has 0 saturated carbocycles. The number of ether oxygens (including phenoxy) is 1. The minimum atomic E-state index is -4.40. The van der Waals surface area contributed by atoms with Crippen LogP contribution in [-0.4, -0.2) is 57.1 Å². The van der Waals surface area contributed by atoms with Gasteiger partial charge in [0, 0.05) is 5.69 Å². The zero-order chi connectivity index (χ0) is 23.8. The fraction of sp³-hybridized carbons (Fsp3) is 0.348. The molecular weight excluding hydrogens is 439 g/mol. The van der Waals surface area contributed by atoms with Crippen molar-refractivity contribution in [2.24, 2.45) is 0 Å². The molecule has 1 unspecified atom stereocenters. The normalized spacial score (nSPS) is 19.8. The average Bonchev–Trinajstić information content (AvgIpc) is 3.12. The van der Waals surface area contributed by atoms with Gasteiger partial charge in [-0.3, -0.25) is 9.59 Å². The number of imide groups is 1. The van der Waals surface area contributed by atoms with Crippen molar-refractivity contribution in [1.82, 2.24) is 0 Å². The first-order valence-corrected chi connectivity index (χ1v) is 10.5. The van der Waals surface area contributed by atoms with Gasteiger partial charge in [0.2, 0.25) is 5.91 Å². The number of piperazine rings is 1. The molecule has 0 aliphatic carbocycles. The monoisotopic (exact) mass is 462 g/mol. The molecule has 7 nitrogen and oxygen atoms in total. The molecule has 2 fully saturated rings. The zero-order valence-corrected chi connectivity index (χ0v) is 17.9. The van der Waals surface area contributed by atoms with Gasteiger partial charge in [-0.25, -0.2) is 9.69 Å². The predicted molar refractivity (Wildman–Crippen MR) is 113 cm³/mol. The smallest absolute Gasteiger partial charge is 0.416 e. The Bertz CT molecular complexity index is 1060. The van der Waals surface area contributed by atoms with Crippen molar-refractivity contribution in [1.29, 1.82) is 0 Å². The topological polar surface area (TPSA) is 71.4 Å². The highest BCUT2D eigenvalue weighted by molar-refractivity contribution is 6.22. The Hall–Kier alpha value is -3.40. The molecule has 4 rings (SSSR count). The first kappa shape index (κ1) is 22.8. The van der Waals surface area contributed by atoms with E-state index in [-0.39, 0.29) is 18.2 Å². The van der Waals surface area contributed by atoms with Crippen molar-refractivity contribution in [2.45, 2.75) is 18.6 Å². The maximum atomic E-state index is 13.1. The first-order chi connectivity index (χ1) is 15.7. The molecule has 2 heterocycles. The third-order valence-electron chi connectivity index (χ3n) is 6.13. The Labute approximate surface area is 188 Å². The third kappa shape index (κ3) is 4.56. The third-order valence-corrected chi connectivity index (χ3v) is 6.13. The molecule has 0 radical (unpaired) electrons. The van der Waals surface area contributed by atoms with Crippen LogP contribution in [0.3, 0.4) is 0 Å². The fourth-order valence-electron chi connectivity index (χ4n) is 4.37. The summed E-state index contributed by atoms with van der Waals surface area (Å²) >= 11 is 0. The lowest BCUT2D eigenvalue weighted by Gasteiger charge is -2.35. The first-order valence-electron chi connectivity index (χ1n) is 10.5. The highest BCUT2D eigenvalue weighted by Crippen LogP contribution is 2.31. The van der Waals surface area contributed by atoms with Gasteiger partial charge in [0.1, 0.15) is 0 Å². The molecular formula is C23H23F3N3O4+. The van der Waals surface area contributed by atoms with Crippen molar-refractivity contribution >= 4 is 29.2 Å². The minimum absolute atomic E-state index is 0.0660. The summed E-state index contributed by atoms with van der Waals surface area (Å²) in [6.07, 6.45) is -4.34. The Balaban J connectivity index is 1.42. The van der Waals surface area contributed by atoms with Gasteiger partial charge in [-0.1, -0.05) is 6.07 Å². The van der Waals surface area contributed by atoms with Crippen molar-refractivity contribution in [3.05, 3.63) is 59.7 Å². The van der Waals surface area contributed by atoms with Crippen LogP contribution in [0.25, 0.3) is 0 Å². The van der Waals surface area contributed by atoms with E-state index >= 15 is 0 Å². The number of hydrogen-bond donors (Lipinski definition) is 1. The molecule has 0 bridgehead atoms. The van der Waals surface area contributed by atoms with Crippen molar-refractivity contribution in [3.63, 3.8) is 0 Å². The second kappa shape index (κ2) is 8.86. The number of anilines is 2. The summed E-state index contributed by atoms with van der Waals surface area (Å²) in [7, 11) is 1.27. The van der Waals surface area contributed by atoms with Gasteiger partial charge in [-0.2, -0.15) is 13.2 Å². The molecule has 2 amide bonds. The largest absolute Gasteiger partial charge is 0.465 e. The number of carbonyl (C=O) groups excluding carboxylic acids is 3.